The van der Waals surface area contributed by atoms with Crippen molar-refractivity contribution < 1.29 is 47.9 Å². The lowest BCUT2D eigenvalue weighted by Gasteiger charge is -2.43. The number of ether oxygens (including phenoxy) is 6. The minimum absolute atomic E-state index is 0.0229. The van der Waals surface area contributed by atoms with Crippen LogP contribution in [0.4, 0.5) is 0 Å². The molecular formula is C33H29NO10. The van der Waals surface area contributed by atoms with Gasteiger partial charge in [0.2, 0.25) is 12.4 Å². The highest BCUT2D eigenvalue weighted by Crippen LogP contribution is 2.33. The molecule has 226 valence electrons. The van der Waals surface area contributed by atoms with E-state index in [1.807, 2.05) is 0 Å². The average Bonchev–Trinajstić information content (AvgIpc) is 3.08. The number of aliphatic hydroxyl groups is 1. The molecule has 5 atom stereocenters. The first kappa shape index (κ1) is 30.2. The van der Waals surface area contributed by atoms with E-state index in [2.05, 4.69) is 4.98 Å². The Morgan fingerprint density at radius 2 is 1.16 bits per heavy atom. The number of carbonyl (C=O) groups excluding carboxylic acids is 3. The summed E-state index contributed by atoms with van der Waals surface area (Å²) in [5.74, 6) is -2.16. The Bertz CT molecular complexity index is 1550. The predicted octanol–water partition coefficient (Wildman–Crippen LogP) is 3.86. The number of hydrogen-bond donors (Lipinski definition) is 1. The Labute approximate surface area is 252 Å². The minimum Gasteiger partial charge on any atom is -0.491 e. The maximum Gasteiger partial charge on any atom is 0.338 e. The van der Waals surface area contributed by atoms with Crippen molar-refractivity contribution in [2.45, 2.75) is 30.7 Å². The standard InChI is InChI=1S/C33H29NO10/c1-39-24-18-11-19-34-29(24)44-33-28(43-32(38)23-16-9-4-10-17-23)27(42-31(37)22-14-7-3-8-15-22)26(25(20-35)40-33)41-30(36)21-12-5-2-6-13-21/h2-19,25-28,33,35H,20H2,1H3. The first-order chi connectivity index (χ1) is 21.5. The highest BCUT2D eigenvalue weighted by Gasteiger charge is 2.54. The zero-order valence-corrected chi connectivity index (χ0v) is 23.6. The van der Waals surface area contributed by atoms with Crippen molar-refractivity contribution in [1.82, 2.24) is 4.98 Å². The molecule has 1 saturated heterocycles. The number of nitrogens with zero attached hydrogens (tertiary/aromatic N) is 1. The molecule has 2 heterocycles. The lowest BCUT2D eigenvalue weighted by molar-refractivity contribution is -0.276. The van der Waals surface area contributed by atoms with Gasteiger partial charge in [-0.2, -0.15) is 0 Å². The number of methoxy groups -OCH3 is 1. The average molecular weight is 600 g/mol. The van der Waals surface area contributed by atoms with Crippen LogP contribution in [0, 0.1) is 0 Å². The van der Waals surface area contributed by atoms with E-state index in [0.29, 0.717) is 0 Å². The molecule has 5 unspecified atom stereocenters. The van der Waals surface area contributed by atoms with Gasteiger partial charge in [0.1, 0.15) is 6.10 Å². The van der Waals surface area contributed by atoms with Gasteiger partial charge in [-0.25, -0.2) is 19.4 Å². The number of pyridine rings is 1. The van der Waals surface area contributed by atoms with Gasteiger partial charge in [-0.15, -0.1) is 0 Å². The van der Waals surface area contributed by atoms with Crippen molar-refractivity contribution in [2.24, 2.45) is 0 Å². The Kier molecular flexibility index (Phi) is 9.80. The largest absolute Gasteiger partial charge is 0.491 e. The SMILES string of the molecule is COc1cccnc1OC1OC(CO)C(OC(=O)c2ccccc2)C(OC(=O)c2ccccc2)C1OC(=O)c1ccccc1. The van der Waals surface area contributed by atoms with Crippen LogP contribution in [0.15, 0.2) is 109 Å². The Balaban J connectivity index is 1.56. The molecule has 1 aliphatic rings. The number of esters is 3. The second kappa shape index (κ2) is 14.3. The van der Waals surface area contributed by atoms with Crippen molar-refractivity contribution in [3.8, 4) is 11.6 Å². The van der Waals surface area contributed by atoms with Crippen molar-refractivity contribution >= 4 is 17.9 Å². The van der Waals surface area contributed by atoms with Crippen molar-refractivity contribution in [3.63, 3.8) is 0 Å². The molecule has 0 radical (unpaired) electrons. The first-order valence-electron chi connectivity index (χ1n) is 13.7. The normalized spacial score (nSPS) is 21.0. The highest BCUT2D eigenvalue weighted by atomic mass is 16.7. The number of aliphatic hydroxyl groups excluding tert-OH is 1. The number of benzene rings is 3. The molecule has 1 aliphatic heterocycles. The van der Waals surface area contributed by atoms with E-state index in [-0.39, 0.29) is 28.3 Å². The number of carbonyl (C=O) groups is 3. The summed E-state index contributed by atoms with van der Waals surface area (Å²) in [5.41, 5.74) is 0.577. The number of aromatic nitrogens is 1. The van der Waals surface area contributed by atoms with E-state index in [0.717, 1.165) is 0 Å². The van der Waals surface area contributed by atoms with Gasteiger partial charge < -0.3 is 33.5 Å². The van der Waals surface area contributed by atoms with E-state index < -0.39 is 55.2 Å². The van der Waals surface area contributed by atoms with Crippen LogP contribution in [0.25, 0.3) is 0 Å². The zero-order chi connectivity index (χ0) is 30.9. The van der Waals surface area contributed by atoms with Crippen LogP contribution in [-0.2, 0) is 18.9 Å². The minimum atomic E-state index is -1.52. The highest BCUT2D eigenvalue weighted by molar-refractivity contribution is 5.91. The lowest BCUT2D eigenvalue weighted by atomic mass is 9.97. The molecule has 0 spiro atoms. The number of rotatable bonds is 10. The third kappa shape index (κ3) is 7.02. The monoisotopic (exact) mass is 599 g/mol. The molecule has 5 rings (SSSR count). The van der Waals surface area contributed by atoms with Crippen LogP contribution in [0.3, 0.4) is 0 Å². The molecule has 1 fully saturated rings. The van der Waals surface area contributed by atoms with Crippen LogP contribution < -0.4 is 9.47 Å². The quantitative estimate of drug-likeness (QED) is 0.210. The molecule has 0 saturated carbocycles. The van der Waals surface area contributed by atoms with E-state index in [1.165, 1.54) is 49.7 Å². The topological polar surface area (TPSA) is 140 Å². The van der Waals surface area contributed by atoms with Crippen LogP contribution in [0.2, 0.25) is 0 Å². The molecule has 1 N–H and O–H groups in total. The van der Waals surface area contributed by atoms with Gasteiger partial charge in [-0.05, 0) is 48.5 Å². The Morgan fingerprint density at radius 3 is 1.64 bits per heavy atom. The summed E-state index contributed by atoms with van der Waals surface area (Å²) in [6, 6.07) is 27.5. The molecule has 0 bridgehead atoms. The fraction of sp³-hybridized carbons (Fsp3) is 0.212. The van der Waals surface area contributed by atoms with Crippen LogP contribution in [-0.4, -0.2) is 72.4 Å². The summed E-state index contributed by atoms with van der Waals surface area (Å²) in [4.78, 5) is 44.2. The fourth-order valence-electron chi connectivity index (χ4n) is 4.55. The third-order valence-corrected chi connectivity index (χ3v) is 6.71. The second-order valence-electron chi connectivity index (χ2n) is 9.56. The molecule has 4 aromatic rings. The van der Waals surface area contributed by atoms with Crippen molar-refractivity contribution in [2.75, 3.05) is 13.7 Å². The lowest BCUT2D eigenvalue weighted by Crippen LogP contribution is -2.63. The maximum atomic E-state index is 13.4. The van der Waals surface area contributed by atoms with E-state index >= 15 is 0 Å². The second-order valence-corrected chi connectivity index (χ2v) is 9.56. The van der Waals surface area contributed by atoms with Crippen LogP contribution in [0.1, 0.15) is 31.1 Å². The third-order valence-electron chi connectivity index (χ3n) is 6.71. The van der Waals surface area contributed by atoms with Gasteiger partial charge in [0, 0.05) is 6.20 Å². The van der Waals surface area contributed by atoms with E-state index in [4.69, 9.17) is 28.4 Å². The van der Waals surface area contributed by atoms with Gasteiger partial charge in [0.25, 0.3) is 5.88 Å². The fourth-order valence-corrected chi connectivity index (χ4v) is 4.55. The smallest absolute Gasteiger partial charge is 0.338 e. The van der Waals surface area contributed by atoms with E-state index in [9.17, 15) is 19.5 Å². The van der Waals surface area contributed by atoms with Gasteiger partial charge >= 0.3 is 17.9 Å². The van der Waals surface area contributed by atoms with Crippen LogP contribution >= 0.6 is 0 Å². The first-order valence-corrected chi connectivity index (χ1v) is 13.7. The molecule has 11 heteroatoms. The van der Waals surface area contributed by atoms with Gasteiger partial charge in [0.15, 0.2) is 18.0 Å². The van der Waals surface area contributed by atoms with Crippen LogP contribution in [0.5, 0.6) is 11.6 Å². The number of hydrogen-bond acceptors (Lipinski definition) is 11. The predicted molar refractivity (Wildman–Crippen MR) is 154 cm³/mol. The van der Waals surface area contributed by atoms with Gasteiger partial charge in [0.05, 0.1) is 30.4 Å². The maximum absolute atomic E-state index is 13.4. The summed E-state index contributed by atoms with van der Waals surface area (Å²) >= 11 is 0. The van der Waals surface area contributed by atoms with Gasteiger partial charge in [-0.1, -0.05) is 54.6 Å². The molecule has 44 heavy (non-hydrogen) atoms. The Morgan fingerprint density at radius 1 is 0.682 bits per heavy atom. The molecule has 3 aromatic carbocycles. The van der Waals surface area contributed by atoms with Crippen molar-refractivity contribution in [1.29, 1.82) is 0 Å². The summed E-state index contributed by atoms with van der Waals surface area (Å²) in [6.07, 6.45) is -5.77. The zero-order valence-electron chi connectivity index (χ0n) is 23.6. The summed E-state index contributed by atoms with van der Waals surface area (Å²) in [6.45, 7) is -0.676. The molecule has 0 amide bonds. The summed E-state index contributed by atoms with van der Waals surface area (Å²) < 4.78 is 35.0. The van der Waals surface area contributed by atoms with E-state index in [1.54, 1.807) is 66.7 Å². The molecule has 0 aliphatic carbocycles. The Hall–Kier alpha value is -5.26. The molecule has 11 nitrogen and oxygen atoms in total. The summed E-state index contributed by atoms with van der Waals surface area (Å²) in [5, 5.41) is 10.4. The van der Waals surface area contributed by atoms with Crippen molar-refractivity contribution in [3.05, 3.63) is 126 Å². The molecule has 1 aromatic heterocycles. The van der Waals surface area contributed by atoms with Gasteiger partial charge in [-0.3, -0.25) is 0 Å². The molecular weight excluding hydrogens is 570 g/mol. The summed E-state index contributed by atoms with van der Waals surface area (Å²) in [7, 11) is 1.42.